The van der Waals surface area contributed by atoms with Gasteiger partial charge in [-0.3, -0.25) is 0 Å². The van der Waals surface area contributed by atoms with Crippen LogP contribution in [0.3, 0.4) is 0 Å². The zero-order valence-corrected chi connectivity index (χ0v) is 8.32. The number of hydrogen-bond donors (Lipinski definition) is 0. The van der Waals surface area contributed by atoms with Crippen molar-refractivity contribution in [2.75, 3.05) is 0 Å². The van der Waals surface area contributed by atoms with Gasteiger partial charge in [0.15, 0.2) is 0 Å². The summed E-state index contributed by atoms with van der Waals surface area (Å²) in [6.45, 7) is 3.87. The van der Waals surface area contributed by atoms with E-state index in [-0.39, 0.29) is 11.7 Å². The number of ether oxygens (including phenoxy) is 1. The van der Waals surface area contributed by atoms with Crippen LogP contribution in [-0.2, 0) is 0 Å². The molecular weight excluding hydrogens is 180 g/mol. The van der Waals surface area contributed by atoms with Gasteiger partial charge in [0.1, 0.15) is 5.75 Å². The molecule has 0 bridgehead atoms. The fourth-order valence-electron chi connectivity index (χ4n) is 1.04. The molecule has 0 heterocycles. The monoisotopic (exact) mass is 193 g/mol. The minimum Gasteiger partial charge on any atom is -0.545 e. The number of aromatic carboxylic acids is 1. The van der Waals surface area contributed by atoms with E-state index in [1.807, 2.05) is 13.8 Å². The molecule has 1 unspecified atom stereocenters. The summed E-state index contributed by atoms with van der Waals surface area (Å²) in [5.74, 6) is -0.828. The van der Waals surface area contributed by atoms with Gasteiger partial charge in [-0.25, -0.2) is 0 Å². The minimum atomic E-state index is -1.20. The van der Waals surface area contributed by atoms with Gasteiger partial charge in [-0.2, -0.15) is 0 Å². The summed E-state index contributed by atoms with van der Waals surface area (Å²) in [6.07, 6.45) is 0.844. The Morgan fingerprint density at radius 2 is 2.14 bits per heavy atom. The van der Waals surface area contributed by atoms with Crippen molar-refractivity contribution in [2.45, 2.75) is 26.4 Å². The largest absolute Gasteiger partial charge is 0.545 e. The highest BCUT2D eigenvalue weighted by molar-refractivity contribution is 5.89. The van der Waals surface area contributed by atoms with E-state index in [4.69, 9.17) is 4.74 Å². The zero-order chi connectivity index (χ0) is 10.6. The Morgan fingerprint density at radius 1 is 1.50 bits per heavy atom. The molecule has 0 aliphatic heterocycles. The van der Waals surface area contributed by atoms with Crippen LogP contribution in [-0.4, -0.2) is 12.1 Å². The molecule has 1 aromatic rings. The molecule has 3 heteroatoms. The fraction of sp³-hybridized carbons (Fsp3) is 0.364. The predicted molar refractivity (Wildman–Crippen MR) is 51.2 cm³/mol. The molecule has 0 spiro atoms. The quantitative estimate of drug-likeness (QED) is 0.722. The van der Waals surface area contributed by atoms with Crippen LogP contribution in [0.15, 0.2) is 24.3 Å². The summed E-state index contributed by atoms with van der Waals surface area (Å²) in [4.78, 5) is 10.7. The predicted octanol–water partition coefficient (Wildman–Crippen LogP) is 1.23. The first-order valence-corrected chi connectivity index (χ1v) is 4.62. The van der Waals surface area contributed by atoms with Gasteiger partial charge in [0.25, 0.3) is 0 Å². The minimum absolute atomic E-state index is 0.00972. The van der Waals surface area contributed by atoms with Crippen LogP contribution in [0.25, 0.3) is 0 Å². The van der Waals surface area contributed by atoms with E-state index in [2.05, 4.69) is 0 Å². The van der Waals surface area contributed by atoms with E-state index in [9.17, 15) is 9.90 Å². The lowest BCUT2D eigenvalue weighted by Gasteiger charge is -2.16. The lowest BCUT2D eigenvalue weighted by atomic mass is 10.2. The summed E-state index contributed by atoms with van der Waals surface area (Å²) in [6, 6.07) is 6.50. The smallest absolute Gasteiger partial charge is 0.128 e. The molecule has 0 aliphatic rings. The Kier molecular flexibility index (Phi) is 3.51. The Labute approximate surface area is 83.3 Å². The second-order valence-electron chi connectivity index (χ2n) is 3.12. The van der Waals surface area contributed by atoms with Crippen LogP contribution in [0.1, 0.15) is 30.6 Å². The summed E-state index contributed by atoms with van der Waals surface area (Å²) in [5.41, 5.74) is 0.104. The first kappa shape index (κ1) is 10.6. The average molecular weight is 193 g/mol. The zero-order valence-electron chi connectivity index (χ0n) is 8.32. The van der Waals surface area contributed by atoms with Gasteiger partial charge in [-0.05, 0) is 25.5 Å². The van der Waals surface area contributed by atoms with E-state index >= 15 is 0 Å². The maximum atomic E-state index is 10.7. The lowest BCUT2D eigenvalue weighted by Crippen LogP contribution is -2.24. The van der Waals surface area contributed by atoms with Crippen molar-refractivity contribution in [1.82, 2.24) is 0 Å². The van der Waals surface area contributed by atoms with Crippen LogP contribution in [0.2, 0.25) is 0 Å². The number of benzene rings is 1. The second-order valence-corrected chi connectivity index (χ2v) is 3.12. The molecular formula is C11H13O3-. The normalized spacial score (nSPS) is 12.1. The first-order valence-electron chi connectivity index (χ1n) is 4.62. The molecule has 76 valence electrons. The third kappa shape index (κ3) is 2.49. The molecule has 0 saturated heterocycles. The molecule has 0 fully saturated rings. The molecule has 0 amide bonds. The van der Waals surface area contributed by atoms with E-state index < -0.39 is 5.97 Å². The maximum Gasteiger partial charge on any atom is 0.128 e. The highest BCUT2D eigenvalue weighted by atomic mass is 16.5. The number of carbonyl (C=O) groups is 1. The van der Waals surface area contributed by atoms with Gasteiger partial charge >= 0.3 is 0 Å². The fourth-order valence-corrected chi connectivity index (χ4v) is 1.04. The summed E-state index contributed by atoms with van der Waals surface area (Å²) in [5, 5.41) is 10.7. The number of para-hydroxylation sites is 1. The molecule has 1 atom stereocenters. The van der Waals surface area contributed by atoms with Gasteiger partial charge in [-0.1, -0.05) is 19.1 Å². The van der Waals surface area contributed by atoms with Crippen molar-refractivity contribution in [3.05, 3.63) is 29.8 Å². The van der Waals surface area contributed by atoms with E-state index in [1.165, 1.54) is 6.07 Å². The topological polar surface area (TPSA) is 49.4 Å². The van der Waals surface area contributed by atoms with E-state index in [0.29, 0.717) is 5.75 Å². The van der Waals surface area contributed by atoms with E-state index in [1.54, 1.807) is 18.2 Å². The molecule has 3 nitrogen and oxygen atoms in total. The lowest BCUT2D eigenvalue weighted by molar-refractivity contribution is -0.255. The highest BCUT2D eigenvalue weighted by Gasteiger charge is 2.06. The SMILES string of the molecule is CCC(C)Oc1ccccc1C(=O)[O-]. The second kappa shape index (κ2) is 4.65. The first-order chi connectivity index (χ1) is 6.65. The van der Waals surface area contributed by atoms with Gasteiger partial charge < -0.3 is 14.6 Å². The molecule has 1 aromatic carbocycles. The van der Waals surface area contributed by atoms with Crippen molar-refractivity contribution >= 4 is 5.97 Å². The van der Waals surface area contributed by atoms with Gasteiger partial charge in [0.05, 0.1) is 12.1 Å². The van der Waals surface area contributed by atoms with Crippen molar-refractivity contribution in [3.8, 4) is 5.75 Å². The van der Waals surface area contributed by atoms with Crippen LogP contribution >= 0.6 is 0 Å². The molecule has 0 aliphatic carbocycles. The number of carboxylic acid groups (broad SMARTS) is 1. The van der Waals surface area contributed by atoms with Crippen LogP contribution in [0, 0.1) is 0 Å². The number of carboxylic acids is 1. The Balaban J connectivity index is 2.90. The van der Waals surface area contributed by atoms with Crippen molar-refractivity contribution in [2.24, 2.45) is 0 Å². The van der Waals surface area contributed by atoms with Crippen LogP contribution in [0.4, 0.5) is 0 Å². The third-order valence-corrected chi connectivity index (χ3v) is 2.01. The molecule has 0 aromatic heterocycles. The summed E-state index contributed by atoms with van der Waals surface area (Å²) >= 11 is 0. The average Bonchev–Trinajstić information content (AvgIpc) is 2.18. The van der Waals surface area contributed by atoms with Gasteiger partial charge in [0.2, 0.25) is 0 Å². The van der Waals surface area contributed by atoms with Crippen molar-refractivity contribution in [1.29, 1.82) is 0 Å². The van der Waals surface area contributed by atoms with Crippen molar-refractivity contribution < 1.29 is 14.6 Å². The molecule has 0 N–H and O–H groups in total. The Bertz CT molecular complexity index is 320. The third-order valence-electron chi connectivity index (χ3n) is 2.01. The highest BCUT2D eigenvalue weighted by Crippen LogP contribution is 2.19. The number of rotatable bonds is 4. The van der Waals surface area contributed by atoms with Crippen LogP contribution in [0.5, 0.6) is 5.75 Å². The Hall–Kier alpha value is -1.51. The summed E-state index contributed by atoms with van der Waals surface area (Å²) in [7, 11) is 0. The van der Waals surface area contributed by atoms with Gasteiger partial charge in [0, 0.05) is 5.56 Å². The van der Waals surface area contributed by atoms with Crippen LogP contribution < -0.4 is 9.84 Å². The molecule has 0 radical (unpaired) electrons. The van der Waals surface area contributed by atoms with Crippen molar-refractivity contribution in [3.63, 3.8) is 0 Å². The molecule has 14 heavy (non-hydrogen) atoms. The van der Waals surface area contributed by atoms with Gasteiger partial charge in [-0.15, -0.1) is 0 Å². The number of carbonyl (C=O) groups excluding carboxylic acids is 1. The Morgan fingerprint density at radius 3 is 2.71 bits per heavy atom. The number of hydrogen-bond acceptors (Lipinski definition) is 3. The maximum absolute atomic E-state index is 10.7. The standard InChI is InChI=1S/C11H14O3/c1-3-8(2)14-10-7-5-4-6-9(10)11(12)13/h4-8H,3H2,1-2H3,(H,12,13)/p-1. The summed E-state index contributed by atoms with van der Waals surface area (Å²) < 4.78 is 5.44. The van der Waals surface area contributed by atoms with E-state index in [0.717, 1.165) is 6.42 Å². The molecule has 0 saturated carbocycles. The molecule has 1 rings (SSSR count).